The number of piperazine rings is 1. The zero-order chi connectivity index (χ0) is 29.7. The molecule has 2 aliphatic rings. The van der Waals surface area contributed by atoms with Crippen molar-refractivity contribution < 1.29 is 23.1 Å². The van der Waals surface area contributed by atoms with Gasteiger partial charge in [-0.3, -0.25) is 14.6 Å². The van der Waals surface area contributed by atoms with E-state index in [2.05, 4.69) is 45.1 Å². The minimum atomic E-state index is -3.19. The standard InChI is InChI=1S/C31H43N5O5S/c1-2-42(39,40)36-8-6-24(7-9-36)29-21-33-30-27(29)19-26(20-28(30)31(32)38)25-5-3-4-23(18-25)22-35-12-10-34(11-13-35)14-16-41-17-15-37/h3-5,18-21,24,33,37H,2,6-17,22H2,1H3,(H2,32,38). The van der Waals surface area contributed by atoms with Gasteiger partial charge in [-0.15, -0.1) is 0 Å². The Morgan fingerprint density at radius 3 is 2.45 bits per heavy atom. The molecule has 228 valence electrons. The number of aromatic amines is 1. The topological polar surface area (TPSA) is 132 Å². The van der Waals surface area contributed by atoms with Crippen LogP contribution >= 0.6 is 0 Å². The molecule has 4 N–H and O–H groups in total. The highest BCUT2D eigenvalue weighted by Gasteiger charge is 2.29. The van der Waals surface area contributed by atoms with Gasteiger partial charge >= 0.3 is 0 Å². The maximum atomic E-state index is 12.5. The number of piperidine rings is 1. The molecule has 0 atom stereocenters. The second-order valence-electron chi connectivity index (χ2n) is 11.3. The van der Waals surface area contributed by atoms with Crippen molar-refractivity contribution in [3.05, 3.63) is 59.3 Å². The van der Waals surface area contributed by atoms with Crippen LogP contribution in [0.4, 0.5) is 0 Å². The van der Waals surface area contributed by atoms with E-state index in [9.17, 15) is 13.2 Å². The summed E-state index contributed by atoms with van der Waals surface area (Å²) in [6, 6.07) is 12.5. The van der Waals surface area contributed by atoms with Gasteiger partial charge in [0.05, 0.1) is 36.7 Å². The van der Waals surface area contributed by atoms with E-state index < -0.39 is 15.9 Å². The maximum absolute atomic E-state index is 12.5. The summed E-state index contributed by atoms with van der Waals surface area (Å²) in [6.07, 6.45) is 3.44. The zero-order valence-electron chi connectivity index (χ0n) is 24.4. The Bertz CT molecular complexity index is 1470. The molecule has 3 heterocycles. The maximum Gasteiger partial charge on any atom is 0.250 e. The smallest absolute Gasteiger partial charge is 0.250 e. The van der Waals surface area contributed by atoms with Gasteiger partial charge in [-0.05, 0) is 66.1 Å². The Morgan fingerprint density at radius 2 is 1.76 bits per heavy atom. The largest absolute Gasteiger partial charge is 0.394 e. The number of nitrogens with one attached hydrogen (secondary N) is 1. The van der Waals surface area contributed by atoms with Gasteiger partial charge < -0.3 is 20.6 Å². The van der Waals surface area contributed by atoms with Gasteiger partial charge in [0, 0.05) is 63.9 Å². The Labute approximate surface area is 248 Å². The molecule has 0 unspecified atom stereocenters. The summed E-state index contributed by atoms with van der Waals surface area (Å²) in [5.74, 6) is -0.161. The van der Waals surface area contributed by atoms with Crippen LogP contribution in [-0.4, -0.2) is 110 Å². The number of aliphatic hydroxyl groups excluding tert-OH is 1. The average Bonchev–Trinajstić information content (AvgIpc) is 3.44. The first-order valence-electron chi connectivity index (χ1n) is 14.9. The number of sulfonamides is 1. The van der Waals surface area contributed by atoms with Crippen LogP contribution in [0, 0.1) is 0 Å². The van der Waals surface area contributed by atoms with Crippen LogP contribution in [0.15, 0.2) is 42.6 Å². The van der Waals surface area contributed by atoms with E-state index in [1.54, 1.807) is 11.2 Å². The molecule has 0 spiro atoms. The van der Waals surface area contributed by atoms with E-state index in [0.29, 0.717) is 31.9 Å². The van der Waals surface area contributed by atoms with Crippen LogP contribution in [0.2, 0.25) is 0 Å². The van der Waals surface area contributed by atoms with Crippen LogP contribution in [-0.2, 0) is 21.3 Å². The van der Waals surface area contributed by atoms with Crippen molar-refractivity contribution in [1.29, 1.82) is 0 Å². The first-order chi connectivity index (χ1) is 20.3. The zero-order valence-corrected chi connectivity index (χ0v) is 25.2. The van der Waals surface area contributed by atoms with Gasteiger partial charge in [0.1, 0.15) is 0 Å². The fourth-order valence-corrected chi connectivity index (χ4v) is 7.35. The summed E-state index contributed by atoms with van der Waals surface area (Å²) in [7, 11) is -3.19. The van der Waals surface area contributed by atoms with Crippen molar-refractivity contribution in [3.63, 3.8) is 0 Å². The quantitative estimate of drug-likeness (QED) is 0.274. The predicted octanol–water partition coefficient (Wildman–Crippen LogP) is 2.59. The molecule has 5 rings (SSSR count). The molecular weight excluding hydrogens is 554 g/mol. The van der Waals surface area contributed by atoms with E-state index in [-0.39, 0.29) is 18.3 Å². The second kappa shape index (κ2) is 13.7. The number of aliphatic hydroxyl groups is 1. The highest BCUT2D eigenvalue weighted by molar-refractivity contribution is 7.89. The highest BCUT2D eigenvalue weighted by atomic mass is 32.2. The number of hydrogen-bond acceptors (Lipinski definition) is 7. The lowest BCUT2D eigenvalue weighted by molar-refractivity contribution is 0.0564. The van der Waals surface area contributed by atoms with Gasteiger partial charge in [0.25, 0.3) is 5.91 Å². The summed E-state index contributed by atoms with van der Waals surface area (Å²) >= 11 is 0. The van der Waals surface area contributed by atoms with Crippen LogP contribution in [0.25, 0.3) is 22.0 Å². The van der Waals surface area contributed by atoms with Crippen molar-refractivity contribution in [1.82, 2.24) is 19.1 Å². The summed E-state index contributed by atoms with van der Waals surface area (Å²) in [6.45, 7) is 9.44. The van der Waals surface area contributed by atoms with Crippen molar-refractivity contribution in [2.75, 3.05) is 71.4 Å². The number of nitrogens with two attached hydrogens (primary N) is 1. The van der Waals surface area contributed by atoms with Gasteiger partial charge in [-0.2, -0.15) is 0 Å². The third-order valence-corrected chi connectivity index (χ3v) is 10.5. The number of amides is 1. The number of primary amides is 1. The predicted molar refractivity (Wildman–Crippen MR) is 165 cm³/mol. The van der Waals surface area contributed by atoms with Gasteiger partial charge in [0.2, 0.25) is 10.0 Å². The highest BCUT2D eigenvalue weighted by Crippen LogP contribution is 2.37. The third-order valence-electron chi connectivity index (χ3n) is 8.66. The summed E-state index contributed by atoms with van der Waals surface area (Å²) in [5, 5.41) is 9.84. The number of benzene rings is 2. The molecule has 0 aliphatic carbocycles. The summed E-state index contributed by atoms with van der Waals surface area (Å²) in [4.78, 5) is 20.7. The molecule has 2 aromatic carbocycles. The van der Waals surface area contributed by atoms with Gasteiger partial charge in [-0.1, -0.05) is 18.2 Å². The molecule has 2 fully saturated rings. The van der Waals surface area contributed by atoms with Gasteiger partial charge in [0.15, 0.2) is 0 Å². The van der Waals surface area contributed by atoms with Crippen molar-refractivity contribution in [2.24, 2.45) is 5.73 Å². The number of aromatic nitrogens is 1. The number of rotatable bonds is 12. The summed E-state index contributed by atoms with van der Waals surface area (Å²) < 4.78 is 31.7. The second-order valence-corrected chi connectivity index (χ2v) is 13.5. The Hall–Kier alpha value is -2.80. The Balaban J connectivity index is 1.32. The SMILES string of the molecule is CCS(=O)(=O)N1CCC(c2c[nH]c3c(C(N)=O)cc(-c4cccc(CN5CCN(CCOCCO)CC5)c4)cc23)CC1. The number of ether oxygens (including phenoxy) is 1. The molecular formula is C31H43N5O5S. The molecule has 3 aromatic rings. The van der Waals surface area contributed by atoms with Crippen molar-refractivity contribution >= 4 is 26.8 Å². The molecule has 1 amide bonds. The number of nitrogens with zero attached hydrogens (tertiary/aromatic N) is 3. The molecule has 10 nitrogen and oxygen atoms in total. The minimum Gasteiger partial charge on any atom is -0.394 e. The monoisotopic (exact) mass is 597 g/mol. The van der Waals surface area contributed by atoms with E-state index in [4.69, 9.17) is 15.6 Å². The van der Waals surface area contributed by atoms with Crippen LogP contribution < -0.4 is 5.73 Å². The van der Waals surface area contributed by atoms with E-state index in [1.807, 2.05) is 12.3 Å². The molecule has 11 heteroatoms. The molecule has 1 aromatic heterocycles. The molecule has 2 saturated heterocycles. The first-order valence-corrected chi connectivity index (χ1v) is 16.5. The normalized spacial score (nSPS) is 18.1. The third kappa shape index (κ3) is 7.04. The fraction of sp³-hybridized carbons (Fsp3) is 0.516. The Kier molecular flexibility index (Phi) is 9.97. The van der Waals surface area contributed by atoms with Gasteiger partial charge in [-0.25, -0.2) is 12.7 Å². The van der Waals surface area contributed by atoms with Crippen molar-refractivity contribution in [2.45, 2.75) is 32.2 Å². The van der Waals surface area contributed by atoms with E-state index in [1.165, 1.54) is 5.56 Å². The molecule has 0 bridgehead atoms. The summed E-state index contributed by atoms with van der Waals surface area (Å²) in [5.41, 5.74) is 11.3. The molecule has 0 saturated carbocycles. The van der Waals surface area contributed by atoms with Crippen molar-refractivity contribution in [3.8, 4) is 11.1 Å². The number of H-pyrrole nitrogens is 1. The number of carbonyl (C=O) groups is 1. The van der Waals surface area contributed by atoms with E-state index in [0.717, 1.165) is 79.7 Å². The Morgan fingerprint density at radius 1 is 1.02 bits per heavy atom. The van der Waals surface area contributed by atoms with Crippen LogP contribution in [0.1, 0.15) is 47.2 Å². The molecule has 2 aliphatic heterocycles. The minimum absolute atomic E-state index is 0.0592. The lowest BCUT2D eigenvalue weighted by Gasteiger charge is -2.34. The number of hydrogen-bond donors (Lipinski definition) is 3. The lowest BCUT2D eigenvalue weighted by Crippen LogP contribution is -2.46. The number of fused-ring (bicyclic) bond motifs is 1. The fourth-order valence-electron chi connectivity index (χ4n) is 6.22. The van der Waals surface area contributed by atoms with Crippen LogP contribution in [0.5, 0.6) is 0 Å². The molecule has 42 heavy (non-hydrogen) atoms. The average molecular weight is 598 g/mol. The van der Waals surface area contributed by atoms with Crippen LogP contribution in [0.3, 0.4) is 0 Å². The number of carbonyl (C=O) groups excluding carboxylic acids is 1. The first kappa shape index (κ1) is 30.7. The van der Waals surface area contributed by atoms with E-state index >= 15 is 0 Å². The molecule has 0 radical (unpaired) electrons. The lowest BCUT2D eigenvalue weighted by atomic mass is 9.88.